The van der Waals surface area contributed by atoms with Crippen LogP contribution in [0.2, 0.25) is 0 Å². The number of aryl methyl sites for hydroxylation is 1. The van der Waals surface area contributed by atoms with Gasteiger partial charge in [-0.2, -0.15) is 0 Å². The van der Waals surface area contributed by atoms with E-state index >= 15 is 0 Å². The van der Waals surface area contributed by atoms with Gasteiger partial charge in [-0.15, -0.1) is 0 Å². The quantitative estimate of drug-likeness (QED) is 0.409. The lowest BCUT2D eigenvalue weighted by Gasteiger charge is -2.16. The fourth-order valence-corrected chi connectivity index (χ4v) is 5.62. The highest BCUT2D eigenvalue weighted by Crippen LogP contribution is 2.43. The molecule has 0 aromatic heterocycles. The molecule has 3 aromatic rings. The normalized spacial score (nSPS) is 12.8. The smallest absolute Gasteiger partial charge is 0.0654 e. The predicted octanol–water partition coefficient (Wildman–Crippen LogP) is 5.52. The molecule has 3 aromatic carbocycles. The molecule has 0 N–H and O–H groups in total. The standard InChI is InChI=1S/C24H24Si/c1-2-3-4-11-18-12-5-10-17-23(18)25-24-21-15-8-6-13-19(21)20-14-7-9-16-22(20)24/h5-10,12-17,24H,2-4,11H2,1H3. The van der Waals surface area contributed by atoms with Gasteiger partial charge >= 0.3 is 0 Å². The van der Waals surface area contributed by atoms with E-state index in [0.29, 0.717) is 5.54 Å². The van der Waals surface area contributed by atoms with Gasteiger partial charge in [0.25, 0.3) is 0 Å². The molecule has 0 saturated carbocycles. The fourth-order valence-electron chi connectivity index (χ4n) is 3.91. The van der Waals surface area contributed by atoms with Crippen molar-refractivity contribution in [1.29, 1.82) is 0 Å². The van der Waals surface area contributed by atoms with Crippen LogP contribution in [0.5, 0.6) is 0 Å². The van der Waals surface area contributed by atoms with E-state index in [-0.39, 0.29) is 0 Å². The van der Waals surface area contributed by atoms with Crippen LogP contribution >= 0.6 is 0 Å². The first-order valence-electron chi connectivity index (χ1n) is 9.41. The first-order valence-corrected chi connectivity index (χ1v) is 10.5. The molecular formula is C24H24Si. The Labute approximate surface area is 153 Å². The van der Waals surface area contributed by atoms with Gasteiger partial charge in [-0.05, 0) is 40.7 Å². The van der Waals surface area contributed by atoms with Gasteiger partial charge < -0.3 is 0 Å². The van der Waals surface area contributed by atoms with Crippen molar-refractivity contribution < 1.29 is 0 Å². The third kappa shape index (κ3) is 3.21. The second-order valence-corrected chi connectivity index (χ2v) is 8.27. The lowest BCUT2D eigenvalue weighted by molar-refractivity contribution is 0.719. The van der Waals surface area contributed by atoms with Crippen LogP contribution < -0.4 is 5.19 Å². The van der Waals surface area contributed by atoms with Crippen LogP contribution in [0.3, 0.4) is 0 Å². The Balaban J connectivity index is 1.68. The minimum Gasteiger partial charge on any atom is -0.0654 e. The molecular weight excluding hydrogens is 316 g/mol. The molecule has 0 aliphatic heterocycles. The second-order valence-electron chi connectivity index (χ2n) is 6.87. The molecule has 1 heteroatoms. The maximum atomic E-state index is 2.35. The number of unbranched alkanes of at least 4 members (excludes halogenated alkanes) is 2. The fraction of sp³-hybridized carbons (Fsp3) is 0.250. The molecule has 1 aliphatic carbocycles. The molecule has 0 spiro atoms. The van der Waals surface area contributed by atoms with Gasteiger partial charge in [-0.1, -0.05) is 97.7 Å². The molecule has 0 heterocycles. The van der Waals surface area contributed by atoms with Gasteiger partial charge in [0.05, 0.1) is 9.52 Å². The van der Waals surface area contributed by atoms with Gasteiger partial charge in [0.2, 0.25) is 0 Å². The summed E-state index contributed by atoms with van der Waals surface area (Å²) in [6.45, 7) is 2.28. The molecule has 0 atom stereocenters. The van der Waals surface area contributed by atoms with Crippen LogP contribution in [-0.2, 0) is 6.42 Å². The Morgan fingerprint density at radius 1 is 0.720 bits per heavy atom. The molecule has 124 valence electrons. The minimum absolute atomic E-state index is 0.514. The largest absolute Gasteiger partial charge is 0.0953 e. The van der Waals surface area contributed by atoms with Gasteiger partial charge in [-0.3, -0.25) is 0 Å². The number of benzene rings is 3. The Bertz CT molecular complexity index is 820. The van der Waals surface area contributed by atoms with E-state index in [2.05, 4.69) is 79.7 Å². The first-order chi connectivity index (χ1) is 12.4. The predicted molar refractivity (Wildman–Crippen MR) is 109 cm³/mol. The van der Waals surface area contributed by atoms with Gasteiger partial charge in [0.15, 0.2) is 0 Å². The van der Waals surface area contributed by atoms with Crippen molar-refractivity contribution >= 4 is 14.7 Å². The summed E-state index contributed by atoms with van der Waals surface area (Å²) < 4.78 is 0. The van der Waals surface area contributed by atoms with Gasteiger partial charge in [0, 0.05) is 5.54 Å². The van der Waals surface area contributed by atoms with Crippen LogP contribution in [0.4, 0.5) is 0 Å². The third-order valence-electron chi connectivity index (χ3n) is 5.20. The van der Waals surface area contributed by atoms with Crippen molar-refractivity contribution in [2.24, 2.45) is 0 Å². The number of hydrogen-bond acceptors (Lipinski definition) is 0. The molecule has 2 radical (unpaired) electrons. The molecule has 0 saturated heterocycles. The van der Waals surface area contributed by atoms with E-state index in [9.17, 15) is 0 Å². The van der Waals surface area contributed by atoms with E-state index in [1.54, 1.807) is 10.8 Å². The average molecular weight is 341 g/mol. The van der Waals surface area contributed by atoms with Gasteiger partial charge in [-0.25, -0.2) is 0 Å². The molecule has 4 rings (SSSR count). The zero-order valence-corrected chi connectivity index (χ0v) is 15.8. The van der Waals surface area contributed by atoms with Crippen molar-refractivity contribution in [2.75, 3.05) is 0 Å². The molecule has 25 heavy (non-hydrogen) atoms. The second kappa shape index (κ2) is 7.41. The zero-order valence-electron chi connectivity index (χ0n) is 14.8. The molecule has 0 unspecified atom stereocenters. The highest BCUT2D eigenvalue weighted by molar-refractivity contribution is 6.57. The van der Waals surface area contributed by atoms with Crippen LogP contribution in [0.1, 0.15) is 48.4 Å². The summed E-state index contributed by atoms with van der Waals surface area (Å²) in [7, 11) is 0.803. The SMILES string of the molecule is CCCCCc1ccccc1[Si]C1c2ccccc2-c2ccccc21. The summed E-state index contributed by atoms with van der Waals surface area (Å²) in [5.41, 5.74) is 7.93. The van der Waals surface area contributed by atoms with E-state index in [1.807, 2.05) is 0 Å². The summed E-state index contributed by atoms with van der Waals surface area (Å²) in [6, 6.07) is 27.0. The van der Waals surface area contributed by atoms with Crippen molar-refractivity contribution in [3.8, 4) is 11.1 Å². The topological polar surface area (TPSA) is 0 Å². The van der Waals surface area contributed by atoms with E-state index in [4.69, 9.17) is 0 Å². The first kappa shape index (κ1) is 16.4. The maximum Gasteiger partial charge on any atom is 0.0953 e. The Morgan fingerprint density at radius 2 is 1.32 bits per heavy atom. The molecule has 0 fully saturated rings. The number of hydrogen-bond donors (Lipinski definition) is 0. The van der Waals surface area contributed by atoms with Crippen molar-refractivity contribution in [1.82, 2.24) is 0 Å². The van der Waals surface area contributed by atoms with E-state index < -0.39 is 0 Å². The molecule has 0 bridgehead atoms. The summed E-state index contributed by atoms with van der Waals surface area (Å²) in [5.74, 6) is 0. The maximum absolute atomic E-state index is 2.35. The summed E-state index contributed by atoms with van der Waals surface area (Å²) in [6.07, 6.45) is 5.13. The molecule has 1 aliphatic rings. The average Bonchev–Trinajstić information content (AvgIpc) is 2.98. The minimum atomic E-state index is 0.514. The summed E-state index contributed by atoms with van der Waals surface area (Å²) >= 11 is 0. The highest BCUT2D eigenvalue weighted by Gasteiger charge is 2.28. The lowest BCUT2D eigenvalue weighted by atomic mass is 10.1. The monoisotopic (exact) mass is 340 g/mol. The van der Waals surface area contributed by atoms with E-state index in [1.165, 1.54) is 47.9 Å². The van der Waals surface area contributed by atoms with E-state index in [0.717, 1.165) is 9.52 Å². The van der Waals surface area contributed by atoms with Crippen LogP contribution in [0, 0.1) is 0 Å². The summed E-state index contributed by atoms with van der Waals surface area (Å²) in [4.78, 5) is 0. The zero-order chi connectivity index (χ0) is 17.1. The number of rotatable bonds is 6. The number of fused-ring (bicyclic) bond motifs is 3. The molecule has 0 nitrogen and oxygen atoms in total. The lowest BCUT2D eigenvalue weighted by Crippen LogP contribution is -2.25. The highest BCUT2D eigenvalue weighted by atomic mass is 28.2. The van der Waals surface area contributed by atoms with Gasteiger partial charge in [0.1, 0.15) is 0 Å². The Hall–Kier alpha value is -2.12. The molecule has 0 amide bonds. The van der Waals surface area contributed by atoms with Crippen LogP contribution in [-0.4, -0.2) is 9.52 Å². The van der Waals surface area contributed by atoms with Crippen LogP contribution in [0.15, 0.2) is 72.8 Å². The summed E-state index contributed by atoms with van der Waals surface area (Å²) in [5, 5.41) is 1.55. The van der Waals surface area contributed by atoms with Crippen LogP contribution in [0.25, 0.3) is 11.1 Å². The Kier molecular flexibility index (Phi) is 4.84. The third-order valence-corrected chi connectivity index (χ3v) is 6.91. The Morgan fingerprint density at radius 3 is 2.00 bits per heavy atom. The van der Waals surface area contributed by atoms with Crippen molar-refractivity contribution in [2.45, 2.75) is 38.1 Å². The van der Waals surface area contributed by atoms with Crippen molar-refractivity contribution in [3.63, 3.8) is 0 Å². The van der Waals surface area contributed by atoms with Crippen molar-refractivity contribution in [3.05, 3.63) is 89.5 Å².